The zero-order valence-corrected chi connectivity index (χ0v) is 14.2. The lowest BCUT2D eigenvalue weighted by atomic mass is 9.74. The molecule has 1 aromatic rings. The number of benzene rings is 1. The maximum Gasteiger partial charge on any atom is 0.237 e. The van der Waals surface area contributed by atoms with Gasteiger partial charge in [0.1, 0.15) is 5.82 Å². The number of ether oxygens (including phenoxy) is 1. The van der Waals surface area contributed by atoms with Gasteiger partial charge in [-0.05, 0) is 36.0 Å². The standard InChI is InChI=1S/C18H27FN2O2/c1-17(2,3)15(20)16(22)21-12-18(8-10-23-11-9-18)13-4-6-14(19)7-5-13/h4-7,15H,8-12,20H2,1-3H3,(H,21,22)/t15-/m1/s1. The fourth-order valence-corrected chi connectivity index (χ4v) is 2.89. The quantitative estimate of drug-likeness (QED) is 0.894. The number of amides is 1. The summed E-state index contributed by atoms with van der Waals surface area (Å²) in [6.45, 7) is 7.60. The summed E-state index contributed by atoms with van der Waals surface area (Å²) in [5.74, 6) is -0.403. The molecule has 0 spiro atoms. The summed E-state index contributed by atoms with van der Waals surface area (Å²) in [6, 6.07) is 5.98. The number of nitrogens with two attached hydrogens (primary N) is 1. The first-order valence-corrected chi connectivity index (χ1v) is 8.12. The number of halogens is 1. The predicted octanol–water partition coefficient (Wildman–Crippen LogP) is 2.36. The molecule has 0 aliphatic carbocycles. The number of rotatable bonds is 4. The molecule has 2 rings (SSSR count). The molecular weight excluding hydrogens is 295 g/mol. The van der Waals surface area contributed by atoms with E-state index in [1.165, 1.54) is 12.1 Å². The molecule has 5 heteroatoms. The van der Waals surface area contributed by atoms with Gasteiger partial charge in [0.15, 0.2) is 0 Å². The second-order valence-electron chi connectivity index (χ2n) is 7.46. The highest BCUT2D eigenvalue weighted by Gasteiger charge is 2.36. The molecule has 3 N–H and O–H groups in total. The molecule has 1 heterocycles. The van der Waals surface area contributed by atoms with Gasteiger partial charge >= 0.3 is 0 Å². The Bertz CT molecular complexity index is 531. The largest absolute Gasteiger partial charge is 0.381 e. The van der Waals surface area contributed by atoms with Crippen LogP contribution in [0.3, 0.4) is 0 Å². The van der Waals surface area contributed by atoms with Crippen molar-refractivity contribution in [2.45, 2.75) is 45.1 Å². The average Bonchev–Trinajstić information content (AvgIpc) is 2.52. The van der Waals surface area contributed by atoms with Gasteiger partial charge in [0.2, 0.25) is 5.91 Å². The molecular formula is C18H27FN2O2. The van der Waals surface area contributed by atoms with Crippen molar-refractivity contribution in [2.75, 3.05) is 19.8 Å². The summed E-state index contributed by atoms with van der Waals surface area (Å²) >= 11 is 0. The molecule has 23 heavy (non-hydrogen) atoms. The Labute approximate surface area is 137 Å². The van der Waals surface area contributed by atoms with Gasteiger partial charge in [0.25, 0.3) is 0 Å². The third-order valence-corrected chi connectivity index (χ3v) is 4.72. The van der Waals surface area contributed by atoms with E-state index in [4.69, 9.17) is 10.5 Å². The predicted molar refractivity (Wildman–Crippen MR) is 88.6 cm³/mol. The van der Waals surface area contributed by atoms with Crippen molar-refractivity contribution in [2.24, 2.45) is 11.1 Å². The number of nitrogens with one attached hydrogen (secondary N) is 1. The Morgan fingerprint density at radius 3 is 2.39 bits per heavy atom. The lowest BCUT2D eigenvalue weighted by Gasteiger charge is -2.38. The van der Waals surface area contributed by atoms with Crippen molar-refractivity contribution in [1.29, 1.82) is 0 Å². The van der Waals surface area contributed by atoms with E-state index in [2.05, 4.69) is 5.32 Å². The molecule has 128 valence electrons. The molecule has 1 aromatic carbocycles. The monoisotopic (exact) mass is 322 g/mol. The summed E-state index contributed by atoms with van der Waals surface area (Å²) in [5, 5.41) is 3.00. The van der Waals surface area contributed by atoms with Crippen LogP contribution in [0.25, 0.3) is 0 Å². The topological polar surface area (TPSA) is 64.4 Å². The van der Waals surface area contributed by atoms with Crippen molar-refractivity contribution in [3.8, 4) is 0 Å². The minimum absolute atomic E-state index is 0.148. The highest BCUT2D eigenvalue weighted by atomic mass is 19.1. The van der Waals surface area contributed by atoms with Crippen molar-refractivity contribution < 1.29 is 13.9 Å². The number of carbonyl (C=O) groups is 1. The molecule has 1 saturated heterocycles. The summed E-state index contributed by atoms with van der Waals surface area (Å²) in [5.41, 5.74) is 6.55. The molecule has 1 fully saturated rings. The Morgan fingerprint density at radius 1 is 1.30 bits per heavy atom. The van der Waals surface area contributed by atoms with Gasteiger partial charge in [-0.25, -0.2) is 4.39 Å². The van der Waals surface area contributed by atoms with Crippen LogP contribution < -0.4 is 11.1 Å². The van der Waals surface area contributed by atoms with E-state index in [1.54, 1.807) is 12.1 Å². The van der Waals surface area contributed by atoms with Gasteiger partial charge in [0, 0.05) is 25.2 Å². The van der Waals surface area contributed by atoms with Gasteiger partial charge in [-0.2, -0.15) is 0 Å². The lowest BCUT2D eigenvalue weighted by molar-refractivity contribution is -0.125. The van der Waals surface area contributed by atoms with E-state index in [9.17, 15) is 9.18 Å². The Kier molecular flexibility index (Phi) is 5.42. The van der Waals surface area contributed by atoms with Crippen LogP contribution in [-0.4, -0.2) is 31.7 Å². The van der Waals surface area contributed by atoms with Crippen LogP contribution in [0.4, 0.5) is 4.39 Å². The maximum atomic E-state index is 13.2. The molecule has 0 bridgehead atoms. The van der Waals surface area contributed by atoms with Crippen LogP contribution in [0, 0.1) is 11.2 Å². The zero-order chi connectivity index (χ0) is 17.1. The van der Waals surface area contributed by atoms with Crippen molar-refractivity contribution in [3.63, 3.8) is 0 Å². The van der Waals surface area contributed by atoms with Crippen LogP contribution >= 0.6 is 0 Å². The van der Waals surface area contributed by atoms with E-state index >= 15 is 0 Å². The van der Waals surface area contributed by atoms with Gasteiger partial charge in [-0.15, -0.1) is 0 Å². The van der Waals surface area contributed by atoms with Crippen molar-refractivity contribution in [3.05, 3.63) is 35.6 Å². The third kappa shape index (κ3) is 4.30. The van der Waals surface area contributed by atoms with E-state index in [0.29, 0.717) is 19.8 Å². The number of hydrogen-bond donors (Lipinski definition) is 2. The number of carbonyl (C=O) groups excluding carboxylic acids is 1. The second kappa shape index (κ2) is 6.97. The number of hydrogen-bond acceptors (Lipinski definition) is 3. The third-order valence-electron chi connectivity index (χ3n) is 4.72. The summed E-state index contributed by atoms with van der Waals surface area (Å²) < 4.78 is 18.7. The van der Waals surface area contributed by atoms with Crippen molar-refractivity contribution >= 4 is 5.91 Å². The van der Waals surface area contributed by atoms with Gasteiger partial charge in [-0.3, -0.25) is 4.79 Å². The molecule has 0 unspecified atom stereocenters. The first-order chi connectivity index (χ1) is 10.7. The van der Waals surface area contributed by atoms with Gasteiger partial charge in [0.05, 0.1) is 6.04 Å². The van der Waals surface area contributed by atoms with Crippen LogP contribution in [0.1, 0.15) is 39.2 Å². The molecule has 1 atom stereocenters. The Balaban J connectivity index is 2.13. The van der Waals surface area contributed by atoms with Crippen LogP contribution in [-0.2, 0) is 14.9 Å². The SMILES string of the molecule is CC(C)(C)[C@H](N)C(=O)NCC1(c2ccc(F)cc2)CCOCC1. The van der Waals surface area contributed by atoms with E-state index < -0.39 is 6.04 Å². The molecule has 4 nitrogen and oxygen atoms in total. The molecule has 0 saturated carbocycles. The average molecular weight is 322 g/mol. The fourth-order valence-electron chi connectivity index (χ4n) is 2.89. The van der Waals surface area contributed by atoms with Gasteiger partial charge in [-0.1, -0.05) is 32.9 Å². The normalized spacial score (nSPS) is 19.2. The summed E-state index contributed by atoms with van der Waals surface area (Å²) in [6.07, 6.45) is 1.59. The zero-order valence-electron chi connectivity index (χ0n) is 14.2. The van der Waals surface area contributed by atoms with E-state index in [0.717, 1.165) is 18.4 Å². The smallest absolute Gasteiger partial charge is 0.237 e. The maximum absolute atomic E-state index is 13.2. The minimum Gasteiger partial charge on any atom is -0.381 e. The molecule has 0 radical (unpaired) electrons. The van der Waals surface area contributed by atoms with E-state index in [1.807, 2.05) is 20.8 Å². The van der Waals surface area contributed by atoms with Gasteiger partial charge < -0.3 is 15.8 Å². The molecule has 0 aromatic heterocycles. The summed E-state index contributed by atoms with van der Waals surface area (Å²) in [7, 11) is 0. The minimum atomic E-state index is -0.562. The van der Waals surface area contributed by atoms with E-state index in [-0.39, 0.29) is 22.6 Å². The molecule has 1 aliphatic rings. The highest BCUT2D eigenvalue weighted by Crippen LogP contribution is 2.34. The van der Waals surface area contributed by atoms with Crippen LogP contribution in [0.5, 0.6) is 0 Å². The van der Waals surface area contributed by atoms with Crippen LogP contribution in [0.15, 0.2) is 24.3 Å². The Hall–Kier alpha value is -1.46. The molecule has 1 amide bonds. The summed E-state index contributed by atoms with van der Waals surface area (Å²) in [4.78, 5) is 12.3. The second-order valence-corrected chi connectivity index (χ2v) is 7.46. The van der Waals surface area contributed by atoms with Crippen molar-refractivity contribution in [1.82, 2.24) is 5.32 Å². The molecule has 1 aliphatic heterocycles. The first kappa shape index (κ1) is 17.9. The first-order valence-electron chi connectivity index (χ1n) is 8.12. The van der Waals surface area contributed by atoms with Crippen LogP contribution in [0.2, 0.25) is 0 Å². The fraction of sp³-hybridized carbons (Fsp3) is 0.611. The lowest BCUT2D eigenvalue weighted by Crippen LogP contribution is -2.52. The highest BCUT2D eigenvalue weighted by molar-refractivity contribution is 5.82. The Morgan fingerprint density at radius 2 is 1.87 bits per heavy atom.